The van der Waals surface area contributed by atoms with Crippen LogP contribution in [0, 0.1) is 13.8 Å². The second-order valence-electron chi connectivity index (χ2n) is 3.00. The molecule has 0 aliphatic rings. The lowest BCUT2D eigenvalue weighted by atomic mass is 10.2. The molecule has 1 rings (SSSR count). The highest BCUT2D eigenvalue weighted by molar-refractivity contribution is 5.26. The highest BCUT2D eigenvalue weighted by Gasteiger charge is 2.05. The zero-order valence-electron chi connectivity index (χ0n) is 7.80. The van der Waals surface area contributed by atoms with Gasteiger partial charge in [0.2, 0.25) is 0 Å². The summed E-state index contributed by atoms with van der Waals surface area (Å²) in [5.41, 5.74) is 9.34. The van der Waals surface area contributed by atoms with Gasteiger partial charge in [-0.15, -0.1) is 6.58 Å². The Bertz CT molecular complexity index is 284. The van der Waals surface area contributed by atoms with E-state index in [0.29, 0.717) is 6.54 Å². The Morgan fingerprint density at radius 1 is 1.58 bits per heavy atom. The van der Waals surface area contributed by atoms with Gasteiger partial charge < -0.3 is 10.3 Å². The van der Waals surface area contributed by atoms with Gasteiger partial charge in [0.05, 0.1) is 0 Å². The van der Waals surface area contributed by atoms with Crippen molar-refractivity contribution in [3.8, 4) is 0 Å². The van der Waals surface area contributed by atoms with Crippen molar-refractivity contribution in [3.63, 3.8) is 0 Å². The number of hydrogen-bond donors (Lipinski definition) is 1. The van der Waals surface area contributed by atoms with Crippen molar-refractivity contribution >= 4 is 0 Å². The van der Waals surface area contributed by atoms with Crippen LogP contribution >= 0.6 is 0 Å². The number of nitrogens with two attached hydrogens (primary N) is 1. The fourth-order valence-corrected chi connectivity index (χ4v) is 1.49. The molecular weight excluding hydrogens is 148 g/mol. The molecule has 0 spiro atoms. The van der Waals surface area contributed by atoms with Crippen LogP contribution in [0.3, 0.4) is 0 Å². The van der Waals surface area contributed by atoms with Gasteiger partial charge >= 0.3 is 0 Å². The maximum Gasteiger partial charge on any atom is 0.0402 e. The smallest absolute Gasteiger partial charge is 0.0402 e. The lowest BCUT2D eigenvalue weighted by Gasteiger charge is -2.05. The van der Waals surface area contributed by atoms with Crippen molar-refractivity contribution in [1.82, 2.24) is 4.57 Å². The molecule has 12 heavy (non-hydrogen) atoms. The van der Waals surface area contributed by atoms with Gasteiger partial charge in [-0.05, 0) is 25.5 Å². The average Bonchev–Trinajstić information content (AvgIpc) is 2.32. The molecule has 1 aromatic heterocycles. The predicted octanol–water partition coefficient (Wildman–Crippen LogP) is 1.75. The lowest BCUT2D eigenvalue weighted by molar-refractivity contribution is 0.763. The van der Waals surface area contributed by atoms with Crippen molar-refractivity contribution in [2.75, 3.05) is 0 Å². The van der Waals surface area contributed by atoms with Crippen LogP contribution in [0.2, 0.25) is 0 Å². The normalized spacial score (nSPS) is 10.2. The molecule has 0 saturated carbocycles. The summed E-state index contributed by atoms with van der Waals surface area (Å²) in [5.74, 6) is 0. The van der Waals surface area contributed by atoms with Gasteiger partial charge in [-0.1, -0.05) is 6.08 Å². The molecule has 0 amide bonds. The van der Waals surface area contributed by atoms with E-state index in [2.05, 4.69) is 31.1 Å². The van der Waals surface area contributed by atoms with Gasteiger partial charge in [-0.25, -0.2) is 0 Å². The third kappa shape index (κ3) is 1.43. The van der Waals surface area contributed by atoms with E-state index in [4.69, 9.17) is 5.73 Å². The molecule has 0 bridgehead atoms. The van der Waals surface area contributed by atoms with Gasteiger partial charge in [0.1, 0.15) is 0 Å². The molecule has 2 heteroatoms. The molecule has 0 fully saturated rings. The molecule has 0 radical (unpaired) electrons. The highest BCUT2D eigenvalue weighted by atomic mass is 15.0. The number of aryl methyl sites for hydroxylation is 1. The fraction of sp³-hybridized carbons (Fsp3) is 0.400. The molecular formula is C10H16N2. The maximum absolute atomic E-state index is 5.59. The molecule has 2 nitrogen and oxygen atoms in total. The van der Waals surface area contributed by atoms with Crippen molar-refractivity contribution < 1.29 is 0 Å². The second kappa shape index (κ2) is 3.59. The standard InChI is InChI=1S/C10H16N2/c1-4-5-12-8(2)6-10(7-11)9(12)3/h4,6H,1,5,7,11H2,2-3H3. The average molecular weight is 164 g/mol. The Balaban J connectivity index is 3.09. The van der Waals surface area contributed by atoms with Gasteiger partial charge in [-0.3, -0.25) is 0 Å². The summed E-state index contributed by atoms with van der Waals surface area (Å²) in [5, 5.41) is 0. The minimum Gasteiger partial charge on any atom is -0.345 e. The summed E-state index contributed by atoms with van der Waals surface area (Å²) in [4.78, 5) is 0. The summed E-state index contributed by atoms with van der Waals surface area (Å²) in [6, 6.07) is 2.14. The van der Waals surface area contributed by atoms with Crippen LogP contribution < -0.4 is 5.73 Å². The molecule has 1 aromatic rings. The van der Waals surface area contributed by atoms with E-state index in [1.807, 2.05) is 6.08 Å². The summed E-state index contributed by atoms with van der Waals surface area (Å²) in [7, 11) is 0. The van der Waals surface area contributed by atoms with E-state index < -0.39 is 0 Å². The summed E-state index contributed by atoms with van der Waals surface area (Å²) in [6.07, 6.45) is 1.90. The van der Waals surface area contributed by atoms with E-state index in [0.717, 1.165) is 6.54 Å². The van der Waals surface area contributed by atoms with E-state index in [-0.39, 0.29) is 0 Å². The van der Waals surface area contributed by atoms with E-state index in [1.54, 1.807) is 0 Å². The Morgan fingerprint density at radius 2 is 2.25 bits per heavy atom. The number of allylic oxidation sites excluding steroid dienone is 1. The topological polar surface area (TPSA) is 30.9 Å². The predicted molar refractivity (Wildman–Crippen MR) is 52.0 cm³/mol. The molecule has 0 unspecified atom stereocenters. The third-order valence-corrected chi connectivity index (χ3v) is 2.21. The van der Waals surface area contributed by atoms with Crippen molar-refractivity contribution in [3.05, 3.63) is 35.7 Å². The quantitative estimate of drug-likeness (QED) is 0.678. The van der Waals surface area contributed by atoms with Crippen molar-refractivity contribution in [2.24, 2.45) is 5.73 Å². The summed E-state index contributed by atoms with van der Waals surface area (Å²) < 4.78 is 2.22. The van der Waals surface area contributed by atoms with Crippen LogP contribution in [0.15, 0.2) is 18.7 Å². The van der Waals surface area contributed by atoms with Gasteiger partial charge in [0, 0.05) is 24.5 Å². The molecule has 0 saturated heterocycles. The molecule has 0 aromatic carbocycles. The molecule has 66 valence electrons. The first-order valence-corrected chi connectivity index (χ1v) is 4.17. The minimum atomic E-state index is 0.622. The second-order valence-corrected chi connectivity index (χ2v) is 3.00. The fourth-order valence-electron chi connectivity index (χ4n) is 1.49. The lowest BCUT2D eigenvalue weighted by Crippen LogP contribution is -2.02. The zero-order chi connectivity index (χ0) is 9.14. The van der Waals surface area contributed by atoms with Crippen molar-refractivity contribution in [2.45, 2.75) is 26.9 Å². The Kier molecular flexibility index (Phi) is 2.71. The SMILES string of the molecule is C=CCn1c(C)cc(CN)c1C. The van der Waals surface area contributed by atoms with Crippen LogP contribution in [0.4, 0.5) is 0 Å². The van der Waals surface area contributed by atoms with Gasteiger partial charge in [-0.2, -0.15) is 0 Å². The molecule has 0 atom stereocenters. The molecule has 0 aliphatic heterocycles. The maximum atomic E-state index is 5.59. The first kappa shape index (κ1) is 9.07. The number of hydrogen-bond acceptors (Lipinski definition) is 1. The number of rotatable bonds is 3. The first-order valence-electron chi connectivity index (χ1n) is 4.17. The minimum absolute atomic E-state index is 0.622. The van der Waals surface area contributed by atoms with Gasteiger partial charge in [0.15, 0.2) is 0 Å². The molecule has 1 heterocycles. The van der Waals surface area contributed by atoms with Crippen LogP contribution in [-0.4, -0.2) is 4.57 Å². The largest absolute Gasteiger partial charge is 0.345 e. The molecule has 0 aliphatic carbocycles. The number of nitrogens with zero attached hydrogens (tertiary/aromatic N) is 1. The number of aromatic nitrogens is 1. The summed E-state index contributed by atoms with van der Waals surface area (Å²) >= 11 is 0. The molecule has 2 N–H and O–H groups in total. The van der Waals surface area contributed by atoms with Crippen LogP contribution in [-0.2, 0) is 13.1 Å². The van der Waals surface area contributed by atoms with E-state index >= 15 is 0 Å². The van der Waals surface area contributed by atoms with E-state index in [9.17, 15) is 0 Å². The van der Waals surface area contributed by atoms with Gasteiger partial charge in [0.25, 0.3) is 0 Å². The third-order valence-electron chi connectivity index (χ3n) is 2.21. The monoisotopic (exact) mass is 164 g/mol. The highest BCUT2D eigenvalue weighted by Crippen LogP contribution is 2.13. The summed E-state index contributed by atoms with van der Waals surface area (Å²) in [6.45, 7) is 9.40. The van der Waals surface area contributed by atoms with Crippen molar-refractivity contribution in [1.29, 1.82) is 0 Å². The zero-order valence-corrected chi connectivity index (χ0v) is 7.80. The Morgan fingerprint density at radius 3 is 2.67 bits per heavy atom. The Hall–Kier alpha value is -1.02. The van der Waals surface area contributed by atoms with Crippen LogP contribution in [0.5, 0.6) is 0 Å². The van der Waals surface area contributed by atoms with Crippen LogP contribution in [0.1, 0.15) is 17.0 Å². The first-order chi connectivity index (χ1) is 5.70. The van der Waals surface area contributed by atoms with E-state index in [1.165, 1.54) is 17.0 Å². The van der Waals surface area contributed by atoms with Crippen LogP contribution in [0.25, 0.3) is 0 Å². The Labute approximate surface area is 73.7 Å².